The zero-order chi connectivity index (χ0) is 14.1. The standard InChI is InChI=1S/C13H18ClO4P/c1-13(2)9-10-5-4-6-11(12(10)17-13)18-19(15,16-3)8-7-14/h4-6H,7-9H2,1-3H3. The van der Waals surface area contributed by atoms with Gasteiger partial charge in [-0.2, -0.15) is 0 Å². The van der Waals surface area contributed by atoms with Gasteiger partial charge in [-0.05, 0) is 19.9 Å². The molecule has 1 aromatic carbocycles. The second-order valence-corrected chi connectivity index (χ2v) is 7.67. The van der Waals surface area contributed by atoms with Crippen LogP contribution in [-0.4, -0.2) is 24.8 Å². The SMILES string of the molecule is COP(=O)(CCCl)Oc1cccc2c1OC(C)(C)C2. The van der Waals surface area contributed by atoms with Gasteiger partial charge in [0.1, 0.15) is 5.60 Å². The molecule has 0 aromatic heterocycles. The smallest absolute Gasteiger partial charge is 0.380 e. The first-order valence-corrected chi connectivity index (χ1v) is 8.37. The molecule has 4 nitrogen and oxygen atoms in total. The number of halogens is 1. The molecule has 0 fully saturated rings. The van der Waals surface area contributed by atoms with Crippen molar-refractivity contribution in [2.24, 2.45) is 0 Å². The largest absolute Gasteiger partial charge is 0.483 e. The maximum atomic E-state index is 12.3. The summed E-state index contributed by atoms with van der Waals surface area (Å²) in [6.45, 7) is 4.01. The number of rotatable bonds is 5. The predicted octanol–water partition coefficient (Wildman–Crippen LogP) is 3.86. The number of fused-ring (bicyclic) bond motifs is 1. The highest BCUT2D eigenvalue weighted by molar-refractivity contribution is 7.54. The molecule has 1 aromatic rings. The van der Waals surface area contributed by atoms with E-state index < -0.39 is 7.60 Å². The van der Waals surface area contributed by atoms with Crippen LogP contribution in [0, 0.1) is 0 Å². The minimum Gasteiger partial charge on any atom is -0.483 e. The average Bonchev–Trinajstić information content (AvgIpc) is 2.65. The average molecular weight is 305 g/mol. The lowest BCUT2D eigenvalue weighted by Crippen LogP contribution is -2.24. The Bertz CT molecular complexity index is 515. The molecule has 0 aliphatic carbocycles. The van der Waals surface area contributed by atoms with Crippen LogP contribution >= 0.6 is 19.2 Å². The predicted molar refractivity (Wildman–Crippen MR) is 75.7 cm³/mol. The topological polar surface area (TPSA) is 44.8 Å². The molecule has 0 N–H and O–H groups in total. The van der Waals surface area contributed by atoms with Gasteiger partial charge in [0.05, 0.1) is 6.16 Å². The van der Waals surface area contributed by atoms with E-state index in [1.54, 1.807) is 6.07 Å². The van der Waals surface area contributed by atoms with Crippen molar-refractivity contribution in [3.8, 4) is 11.5 Å². The van der Waals surface area contributed by atoms with E-state index in [2.05, 4.69) is 0 Å². The summed E-state index contributed by atoms with van der Waals surface area (Å²) in [7, 11) is -1.85. The fourth-order valence-corrected chi connectivity index (χ4v) is 3.71. The maximum Gasteiger partial charge on any atom is 0.380 e. The third-order valence-electron chi connectivity index (χ3n) is 2.93. The molecule has 0 spiro atoms. The van der Waals surface area contributed by atoms with E-state index in [9.17, 15) is 4.57 Å². The summed E-state index contributed by atoms with van der Waals surface area (Å²) in [5.74, 6) is 1.32. The van der Waals surface area contributed by atoms with Crippen LogP contribution in [0.4, 0.5) is 0 Å². The zero-order valence-corrected chi connectivity index (χ0v) is 13.0. The molecule has 1 aliphatic heterocycles. The summed E-state index contributed by atoms with van der Waals surface area (Å²) < 4.78 is 28.7. The number of para-hydroxylation sites is 1. The molecule has 1 aliphatic rings. The van der Waals surface area contributed by atoms with Gasteiger partial charge in [-0.25, -0.2) is 4.57 Å². The molecule has 0 saturated carbocycles. The summed E-state index contributed by atoms with van der Waals surface area (Å²) in [5.41, 5.74) is 0.779. The van der Waals surface area contributed by atoms with Gasteiger partial charge in [-0.1, -0.05) is 12.1 Å². The second-order valence-electron chi connectivity index (χ2n) is 5.08. The number of ether oxygens (including phenoxy) is 1. The van der Waals surface area contributed by atoms with Crippen LogP contribution in [0.2, 0.25) is 0 Å². The number of hydrogen-bond acceptors (Lipinski definition) is 4. The minimum absolute atomic E-state index is 0.165. The molecular weight excluding hydrogens is 287 g/mol. The minimum atomic E-state index is -3.21. The van der Waals surface area contributed by atoms with E-state index in [-0.39, 0.29) is 17.6 Å². The number of benzene rings is 1. The third-order valence-corrected chi connectivity index (χ3v) is 5.18. The number of hydrogen-bond donors (Lipinski definition) is 0. The quantitative estimate of drug-likeness (QED) is 0.612. The first-order valence-electron chi connectivity index (χ1n) is 6.10. The van der Waals surface area contributed by atoms with Crippen molar-refractivity contribution in [1.29, 1.82) is 0 Å². The van der Waals surface area contributed by atoms with E-state index >= 15 is 0 Å². The van der Waals surface area contributed by atoms with Crippen LogP contribution in [0.5, 0.6) is 11.5 Å². The number of alkyl halides is 1. The molecule has 0 bridgehead atoms. The van der Waals surface area contributed by atoms with Crippen LogP contribution in [0.1, 0.15) is 19.4 Å². The van der Waals surface area contributed by atoms with Crippen molar-refractivity contribution in [2.45, 2.75) is 25.9 Å². The third kappa shape index (κ3) is 3.25. The van der Waals surface area contributed by atoms with Crippen LogP contribution in [-0.2, 0) is 15.5 Å². The molecule has 1 unspecified atom stereocenters. The van der Waals surface area contributed by atoms with Crippen LogP contribution in [0.15, 0.2) is 18.2 Å². The summed E-state index contributed by atoms with van der Waals surface area (Å²) in [6.07, 6.45) is 0.963. The lowest BCUT2D eigenvalue weighted by atomic mass is 10.0. The first kappa shape index (κ1) is 14.7. The highest BCUT2D eigenvalue weighted by Crippen LogP contribution is 2.52. The molecule has 0 saturated heterocycles. The van der Waals surface area contributed by atoms with E-state index in [0.29, 0.717) is 11.5 Å². The molecule has 0 amide bonds. The molecule has 0 radical (unpaired) electrons. The molecule has 2 rings (SSSR count). The van der Waals surface area contributed by atoms with Gasteiger partial charge in [0, 0.05) is 25.0 Å². The lowest BCUT2D eigenvalue weighted by molar-refractivity contribution is 0.135. The van der Waals surface area contributed by atoms with Gasteiger partial charge >= 0.3 is 7.60 Å². The monoisotopic (exact) mass is 304 g/mol. The Hall–Kier alpha value is -0.700. The Morgan fingerprint density at radius 2 is 2.21 bits per heavy atom. The first-order chi connectivity index (χ1) is 8.89. The van der Waals surface area contributed by atoms with Crippen LogP contribution in [0.25, 0.3) is 0 Å². The Balaban J connectivity index is 2.29. The fourth-order valence-electron chi connectivity index (χ4n) is 2.09. The normalized spacial score (nSPS) is 19.4. The van der Waals surface area contributed by atoms with Gasteiger partial charge in [0.15, 0.2) is 11.5 Å². The van der Waals surface area contributed by atoms with Crippen molar-refractivity contribution in [3.05, 3.63) is 23.8 Å². The van der Waals surface area contributed by atoms with Gasteiger partial charge in [-0.15, -0.1) is 11.6 Å². The molecule has 1 heterocycles. The molecular formula is C13H18ClO4P. The van der Waals surface area contributed by atoms with Crippen LogP contribution < -0.4 is 9.26 Å². The zero-order valence-electron chi connectivity index (χ0n) is 11.3. The summed E-state index contributed by atoms with van der Waals surface area (Å²) in [4.78, 5) is 0. The van der Waals surface area contributed by atoms with Crippen molar-refractivity contribution in [2.75, 3.05) is 19.2 Å². The Morgan fingerprint density at radius 1 is 1.47 bits per heavy atom. The van der Waals surface area contributed by atoms with Gasteiger partial charge in [-0.3, -0.25) is 0 Å². The Kier molecular flexibility index (Phi) is 4.14. The molecule has 19 heavy (non-hydrogen) atoms. The summed E-state index contributed by atoms with van der Waals surface area (Å²) in [5, 5.41) is 0. The van der Waals surface area contributed by atoms with Crippen molar-refractivity contribution >= 4 is 19.2 Å². The fraction of sp³-hybridized carbons (Fsp3) is 0.538. The maximum absolute atomic E-state index is 12.3. The lowest BCUT2D eigenvalue weighted by Gasteiger charge is -2.20. The van der Waals surface area contributed by atoms with Crippen molar-refractivity contribution in [1.82, 2.24) is 0 Å². The molecule has 106 valence electrons. The van der Waals surface area contributed by atoms with E-state index in [1.165, 1.54) is 7.11 Å². The van der Waals surface area contributed by atoms with Crippen molar-refractivity contribution in [3.63, 3.8) is 0 Å². The molecule has 6 heteroatoms. The highest BCUT2D eigenvalue weighted by atomic mass is 35.5. The van der Waals surface area contributed by atoms with E-state index in [4.69, 9.17) is 25.4 Å². The highest BCUT2D eigenvalue weighted by Gasteiger charge is 2.34. The summed E-state index contributed by atoms with van der Waals surface area (Å²) >= 11 is 5.63. The van der Waals surface area contributed by atoms with Crippen LogP contribution in [0.3, 0.4) is 0 Å². The molecule has 1 atom stereocenters. The van der Waals surface area contributed by atoms with Gasteiger partial charge in [0.2, 0.25) is 0 Å². The van der Waals surface area contributed by atoms with Crippen molar-refractivity contribution < 1.29 is 18.3 Å². The Morgan fingerprint density at radius 3 is 2.84 bits per heavy atom. The van der Waals surface area contributed by atoms with E-state index in [1.807, 2.05) is 26.0 Å². The summed E-state index contributed by atoms with van der Waals surface area (Å²) in [6, 6.07) is 5.58. The van der Waals surface area contributed by atoms with Gasteiger partial charge in [0.25, 0.3) is 0 Å². The Labute approximate surface area is 118 Å². The second kappa shape index (κ2) is 5.35. The van der Waals surface area contributed by atoms with E-state index in [0.717, 1.165) is 12.0 Å². The van der Waals surface area contributed by atoms with Gasteiger partial charge < -0.3 is 13.8 Å².